The molecule has 4 rings (SSSR count). The largest absolute Gasteiger partial charge is 0.352 e. The second kappa shape index (κ2) is 6.27. The molecule has 2 heterocycles. The zero-order valence-electron chi connectivity index (χ0n) is 14.1. The number of hydrogen-bond donors (Lipinski definition) is 1. The molecule has 0 bridgehead atoms. The van der Waals surface area contributed by atoms with Crippen LogP contribution in [0.3, 0.4) is 0 Å². The van der Waals surface area contributed by atoms with Crippen molar-refractivity contribution in [1.29, 1.82) is 0 Å². The molecule has 0 aliphatic carbocycles. The molecule has 2 aromatic heterocycles. The minimum atomic E-state index is -0.780. The van der Waals surface area contributed by atoms with E-state index in [1.807, 2.05) is 19.1 Å². The molecular formula is C18H13F2N5O2. The van der Waals surface area contributed by atoms with Crippen molar-refractivity contribution in [2.24, 2.45) is 0 Å². The lowest BCUT2D eigenvalue weighted by molar-refractivity contribution is -0.117. The highest BCUT2D eigenvalue weighted by Crippen LogP contribution is 2.18. The third kappa shape index (κ3) is 2.92. The number of nitrogens with one attached hydrogen (secondary N) is 1. The van der Waals surface area contributed by atoms with Gasteiger partial charge in [-0.25, -0.2) is 27.6 Å². The number of aryl methyl sites for hydroxylation is 1. The van der Waals surface area contributed by atoms with Crippen molar-refractivity contribution in [2.45, 2.75) is 13.5 Å². The van der Waals surface area contributed by atoms with Gasteiger partial charge in [-0.05, 0) is 30.7 Å². The van der Waals surface area contributed by atoms with Crippen LogP contribution in [0.15, 0.2) is 47.5 Å². The molecule has 0 spiro atoms. The smallest absolute Gasteiger partial charge is 0.322 e. The van der Waals surface area contributed by atoms with E-state index >= 15 is 0 Å². The first-order chi connectivity index (χ1) is 12.9. The van der Waals surface area contributed by atoms with E-state index < -0.39 is 29.8 Å². The van der Waals surface area contributed by atoms with Crippen LogP contribution in [0.4, 0.5) is 14.5 Å². The van der Waals surface area contributed by atoms with Crippen molar-refractivity contribution in [3.05, 3.63) is 70.4 Å². The van der Waals surface area contributed by atoms with Gasteiger partial charge in [0.1, 0.15) is 24.5 Å². The van der Waals surface area contributed by atoms with Crippen LogP contribution in [-0.2, 0) is 11.3 Å². The highest BCUT2D eigenvalue weighted by Gasteiger charge is 2.15. The van der Waals surface area contributed by atoms with Crippen molar-refractivity contribution < 1.29 is 13.6 Å². The van der Waals surface area contributed by atoms with Crippen LogP contribution in [0.2, 0.25) is 0 Å². The molecule has 2 aromatic carbocycles. The van der Waals surface area contributed by atoms with E-state index in [1.165, 1.54) is 10.7 Å². The molecule has 27 heavy (non-hydrogen) atoms. The summed E-state index contributed by atoms with van der Waals surface area (Å²) in [7, 11) is 0. The third-order valence-corrected chi connectivity index (χ3v) is 4.15. The Bertz CT molecular complexity index is 1260. The van der Waals surface area contributed by atoms with Gasteiger partial charge in [0.2, 0.25) is 5.91 Å². The summed E-state index contributed by atoms with van der Waals surface area (Å²) in [6.45, 7) is 1.44. The van der Waals surface area contributed by atoms with Crippen LogP contribution in [0.5, 0.6) is 0 Å². The quantitative estimate of drug-likeness (QED) is 0.601. The molecule has 136 valence electrons. The van der Waals surface area contributed by atoms with E-state index in [1.54, 1.807) is 6.07 Å². The van der Waals surface area contributed by atoms with Gasteiger partial charge < -0.3 is 5.32 Å². The summed E-state index contributed by atoms with van der Waals surface area (Å²) < 4.78 is 29.0. The number of aromatic nitrogens is 4. The predicted molar refractivity (Wildman–Crippen MR) is 94.5 cm³/mol. The van der Waals surface area contributed by atoms with Crippen LogP contribution >= 0.6 is 0 Å². The summed E-state index contributed by atoms with van der Waals surface area (Å²) >= 11 is 0. The number of fused-ring (bicyclic) bond motifs is 3. The average Bonchev–Trinajstić information content (AvgIpc) is 2.95. The van der Waals surface area contributed by atoms with Crippen LogP contribution in [0.1, 0.15) is 5.56 Å². The maximum atomic E-state index is 13.6. The summed E-state index contributed by atoms with van der Waals surface area (Å²) in [4.78, 5) is 28.9. The molecule has 0 fully saturated rings. The summed E-state index contributed by atoms with van der Waals surface area (Å²) in [5.74, 6) is -2.18. The number of benzene rings is 2. The van der Waals surface area contributed by atoms with Gasteiger partial charge in [-0.3, -0.25) is 4.79 Å². The Hall–Kier alpha value is -3.62. The predicted octanol–water partition coefficient (Wildman–Crippen LogP) is 2.27. The number of carbonyl (C=O) groups is 1. The maximum absolute atomic E-state index is 13.6. The lowest BCUT2D eigenvalue weighted by atomic mass is 10.1. The highest BCUT2D eigenvalue weighted by atomic mass is 19.1. The highest BCUT2D eigenvalue weighted by molar-refractivity contribution is 5.93. The minimum absolute atomic E-state index is 0.306. The van der Waals surface area contributed by atoms with Gasteiger partial charge in [-0.2, -0.15) is 0 Å². The van der Waals surface area contributed by atoms with Crippen molar-refractivity contribution in [3.8, 4) is 0 Å². The number of halogens is 2. The fraction of sp³-hybridized carbons (Fsp3) is 0.111. The molecule has 1 N–H and O–H groups in total. The molecule has 1 amide bonds. The number of para-hydroxylation sites is 1. The number of anilines is 1. The fourth-order valence-corrected chi connectivity index (χ4v) is 2.86. The Morgan fingerprint density at radius 3 is 2.85 bits per heavy atom. The van der Waals surface area contributed by atoms with Crippen molar-refractivity contribution in [2.75, 3.05) is 5.32 Å². The molecule has 0 aliphatic rings. The van der Waals surface area contributed by atoms with E-state index in [-0.39, 0.29) is 5.69 Å². The second-order valence-corrected chi connectivity index (χ2v) is 6.02. The number of carbonyl (C=O) groups excluding carboxylic acids is 1. The first-order valence-electron chi connectivity index (χ1n) is 8.02. The SMILES string of the molecule is Cc1cccc2c1ncn1c(=O)n(CC(=O)Nc3cc(F)ccc3F)nc21. The minimum Gasteiger partial charge on any atom is -0.322 e. The Morgan fingerprint density at radius 1 is 1.22 bits per heavy atom. The van der Waals surface area contributed by atoms with Crippen LogP contribution < -0.4 is 11.0 Å². The van der Waals surface area contributed by atoms with Crippen LogP contribution in [0.25, 0.3) is 16.6 Å². The molecule has 7 nitrogen and oxygen atoms in total. The van der Waals surface area contributed by atoms with E-state index in [4.69, 9.17) is 0 Å². The molecule has 0 atom stereocenters. The summed E-state index contributed by atoms with van der Waals surface area (Å²) in [5, 5.41) is 7.11. The lowest BCUT2D eigenvalue weighted by Gasteiger charge is -2.05. The number of amides is 1. The second-order valence-electron chi connectivity index (χ2n) is 6.02. The first-order valence-corrected chi connectivity index (χ1v) is 8.02. The van der Waals surface area contributed by atoms with Gasteiger partial charge in [0, 0.05) is 11.5 Å². The first kappa shape index (κ1) is 16.8. The monoisotopic (exact) mass is 369 g/mol. The zero-order chi connectivity index (χ0) is 19.1. The fourth-order valence-electron chi connectivity index (χ4n) is 2.86. The zero-order valence-corrected chi connectivity index (χ0v) is 14.1. The topological polar surface area (TPSA) is 81.3 Å². The lowest BCUT2D eigenvalue weighted by Crippen LogP contribution is -2.28. The molecule has 0 aliphatic heterocycles. The van der Waals surface area contributed by atoms with Gasteiger partial charge >= 0.3 is 5.69 Å². The number of rotatable bonds is 3. The molecule has 9 heteroatoms. The Kier molecular flexibility index (Phi) is 3.91. The maximum Gasteiger partial charge on any atom is 0.352 e. The normalized spacial score (nSPS) is 11.2. The molecule has 4 aromatic rings. The van der Waals surface area contributed by atoms with Crippen LogP contribution in [-0.4, -0.2) is 25.1 Å². The number of nitrogens with zero attached hydrogens (tertiary/aromatic N) is 4. The summed E-state index contributed by atoms with van der Waals surface area (Å²) in [6, 6.07) is 8.20. The standard InChI is InChI=1S/C18H13F2N5O2/c1-10-3-2-4-12-16(10)21-9-24-17(12)23-25(18(24)27)8-15(26)22-14-7-11(19)5-6-13(14)20/h2-7,9H,8H2,1H3,(H,22,26). The van der Waals surface area contributed by atoms with E-state index in [9.17, 15) is 18.4 Å². The average molecular weight is 369 g/mol. The van der Waals surface area contributed by atoms with Gasteiger partial charge in [0.05, 0.1) is 11.2 Å². The van der Waals surface area contributed by atoms with Crippen molar-refractivity contribution >= 4 is 28.1 Å². The summed E-state index contributed by atoms with van der Waals surface area (Å²) in [6.07, 6.45) is 1.35. The van der Waals surface area contributed by atoms with Gasteiger partial charge in [-0.1, -0.05) is 12.1 Å². The van der Waals surface area contributed by atoms with E-state index in [0.29, 0.717) is 16.6 Å². The number of hydrogen-bond acceptors (Lipinski definition) is 4. The van der Waals surface area contributed by atoms with Gasteiger partial charge in [-0.15, -0.1) is 5.10 Å². The van der Waals surface area contributed by atoms with Crippen LogP contribution in [0, 0.1) is 18.6 Å². The summed E-state index contributed by atoms with van der Waals surface area (Å²) in [5.41, 5.74) is 1.12. The van der Waals surface area contributed by atoms with Crippen molar-refractivity contribution in [1.82, 2.24) is 19.2 Å². The third-order valence-electron chi connectivity index (χ3n) is 4.15. The Balaban J connectivity index is 1.70. The van der Waals surface area contributed by atoms with Gasteiger partial charge in [0.15, 0.2) is 5.65 Å². The molecular weight excluding hydrogens is 356 g/mol. The Labute approximate surface area is 150 Å². The van der Waals surface area contributed by atoms with Gasteiger partial charge in [0.25, 0.3) is 0 Å². The van der Waals surface area contributed by atoms with E-state index in [0.717, 1.165) is 28.4 Å². The molecule has 0 saturated carbocycles. The molecule has 0 radical (unpaired) electrons. The van der Waals surface area contributed by atoms with Crippen molar-refractivity contribution in [3.63, 3.8) is 0 Å². The molecule has 0 saturated heterocycles. The molecule has 0 unspecified atom stereocenters. The Morgan fingerprint density at radius 2 is 2.04 bits per heavy atom. The van der Waals surface area contributed by atoms with E-state index in [2.05, 4.69) is 15.4 Å².